The summed E-state index contributed by atoms with van der Waals surface area (Å²) in [4.78, 5) is 0. The Morgan fingerprint density at radius 1 is 1.63 bits per heavy atom. The topological polar surface area (TPSA) is 56.0 Å². The lowest BCUT2D eigenvalue weighted by Gasteiger charge is -2.24. The Balaban J connectivity index is 1.98. The molecule has 0 spiro atoms. The highest BCUT2D eigenvalue weighted by Gasteiger charge is 2.31. The largest absolute Gasteiger partial charge is 0.388 e. The summed E-state index contributed by atoms with van der Waals surface area (Å²) in [5.74, 6) is 1.23. The molecule has 0 bridgehead atoms. The van der Waals surface area contributed by atoms with Crippen LogP contribution < -0.4 is 5.32 Å². The van der Waals surface area contributed by atoms with Gasteiger partial charge in [0.1, 0.15) is 11.9 Å². The predicted octanol–water partition coefficient (Wildman–Crippen LogP) is 2.22. The Morgan fingerprint density at radius 3 is 3.00 bits per heavy atom. The summed E-state index contributed by atoms with van der Waals surface area (Å²) >= 11 is 1.75. The third kappa shape index (κ3) is 3.47. The van der Waals surface area contributed by atoms with Crippen molar-refractivity contribution < 1.29 is 9.50 Å². The molecule has 2 N–H and O–H groups in total. The number of nitrogens with one attached hydrogen (secondary N) is 1. The van der Waals surface area contributed by atoms with Crippen molar-refractivity contribution in [1.29, 1.82) is 5.26 Å². The maximum Gasteiger partial charge on any atom is 0.141 e. The molecular weight excluding hydrogens is 263 g/mol. The molecule has 0 aromatic heterocycles. The van der Waals surface area contributed by atoms with Gasteiger partial charge in [-0.2, -0.15) is 17.0 Å². The molecule has 2 rings (SSSR count). The Kier molecular flexibility index (Phi) is 4.46. The second-order valence-electron chi connectivity index (χ2n) is 4.98. The molecule has 2 atom stereocenters. The number of nitrogens with zero attached hydrogens (tertiary/aromatic N) is 1. The van der Waals surface area contributed by atoms with Gasteiger partial charge in [-0.05, 0) is 36.8 Å². The van der Waals surface area contributed by atoms with Gasteiger partial charge < -0.3 is 10.4 Å². The molecule has 1 aliphatic heterocycles. The van der Waals surface area contributed by atoms with E-state index in [0.717, 1.165) is 23.5 Å². The molecule has 1 aliphatic rings. The molecule has 0 amide bonds. The molecule has 102 valence electrons. The van der Waals surface area contributed by atoms with E-state index in [0.29, 0.717) is 6.54 Å². The minimum absolute atomic E-state index is 0.0572. The molecule has 2 unspecified atom stereocenters. The molecule has 0 radical (unpaired) electrons. The third-order valence-corrected chi connectivity index (χ3v) is 4.67. The zero-order valence-corrected chi connectivity index (χ0v) is 11.6. The summed E-state index contributed by atoms with van der Waals surface area (Å²) in [5, 5.41) is 22.1. The number of aliphatic hydroxyl groups is 1. The maximum atomic E-state index is 13.5. The van der Waals surface area contributed by atoms with Crippen molar-refractivity contribution in [3.63, 3.8) is 0 Å². The van der Waals surface area contributed by atoms with E-state index in [9.17, 15) is 9.50 Å². The second-order valence-corrected chi connectivity index (χ2v) is 6.09. The molecule has 3 nitrogen and oxygen atoms in total. The van der Waals surface area contributed by atoms with E-state index in [1.807, 2.05) is 6.92 Å². The minimum atomic E-state index is -0.649. The predicted molar refractivity (Wildman–Crippen MR) is 74.4 cm³/mol. The highest BCUT2D eigenvalue weighted by Crippen LogP contribution is 2.28. The lowest BCUT2D eigenvalue weighted by atomic mass is 10.0. The van der Waals surface area contributed by atoms with E-state index < -0.39 is 11.4 Å². The van der Waals surface area contributed by atoms with Gasteiger partial charge in [0.15, 0.2) is 0 Å². The summed E-state index contributed by atoms with van der Waals surface area (Å²) in [5.41, 5.74) is 0.192. The van der Waals surface area contributed by atoms with E-state index in [1.165, 1.54) is 12.1 Å². The van der Waals surface area contributed by atoms with E-state index in [4.69, 9.17) is 5.26 Å². The van der Waals surface area contributed by atoms with Crippen LogP contribution in [0.25, 0.3) is 0 Å². The number of halogens is 1. The summed E-state index contributed by atoms with van der Waals surface area (Å²) < 4.78 is 13.5. The van der Waals surface area contributed by atoms with Crippen molar-refractivity contribution >= 4 is 11.8 Å². The van der Waals surface area contributed by atoms with Crippen molar-refractivity contribution in [3.8, 4) is 6.07 Å². The van der Waals surface area contributed by atoms with Gasteiger partial charge in [0.25, 0.3) is 0 Å². The molecule has 1 aromatic carbocycles. The summed E-state index contributed by atoms with van der Waals surface area (Å²) in [7, 11) is 0. The van der Waals surface area contributed by atoms with Gasteiger partial charge in [-0.25, -0.2) is 4.39 Å². The second kappa shape index (κ2) is 5.91. The average molecular weight is 280 g/mol. The Hall–Kier alpha value is -1.09. The first-order valence-corrected chi connectivity index (χ1v) is 7.43. The van der Waals surface area contributed by atoms with Crippen molar-refractivity contribution in [2.75, 3.05) is 18.1 Å². The van der Waals surface area contributed by atoms with Gasteiger partial charge in [-0.15, -0.1) is 0 Å². The van der Waals surface area contributed by atoms with E-state index in [-0.39, 0.29) is 11.6 Å². The number of hydrogen-bond donors (Lipinski definition) is 2. The van der Waals surface area contributed by atoms with Crippen LogP contribution in [0.1, 0.15) is 30.5 Å². The average Bonchev–Trinajstić information content (AvgIpc) is 2.83. The van der Waals surface area contributed by atoms with Crippen LogP contribution in [0.15, 0.2) is 18.2 Å². The molecule has 1 fully saturated rings. The van der Waals surface area contributed by atoms with Crippen molar-refractivity contribution in [2.24, 2.45) is 0 Å². The zero-order chi connectivity index (χ0) is 13.9. The first kappa shape index (κ1) is 14.3. The standard InChI is InChI=1S/C14H17FN2OS/c1-10(17-8-14(18)4-5-19-9-14)11-2-3-12(7-16)13(15)6-11/h2-3,6,10,17-18H,4-5,8-9H2,1H3. The van der Waals surface area contributed by atoms with E-state index in [2.05, 4.69) is 5.32 Å². The summed E-state index contributed by atoms with van der Waals surface area (Å²) in [6.07, 6.45) is 0.791. The lowest BCUT2D eigenvalue weighted by Crippen LogP contribution is -2.41. The summed E-state index contributed by atoms with van der Waals surface area (Å²) in [6.45, 7) is 2.43. The monoisotopic (exact) mass is 280 g/mol. The van der Waals surface area contributed by atoms with Gasteiger partial charge >= 0.3 is 0 Å². The molecule has 1 aromatic rings. The number of thioether (sulfide) groups is 1. The van der Waals surface area contributed by atoms with Crippen LogP contribution in [0.5, 0.6) is 0 Å². The molecular formula is C14H17FN2OS. The highest BCUT2D eigenvalue weighted by molar-refractivity contribution is 7.99. The Morgan fingerprint density at radius 2 is 2.42 bits per heavy atom. The number of hydrogen-bond acceptors (Lipinski definition) is 4. The molecule has 1 saturated heterocycles. The quantitative estimate of drug-likeness (QED) is 0.888. The number of benzene rings is 1. The van der Waals surface area contributed by atoms with Crippen LogP contribution in [-0.2, 0) is 0 Å². The highest BCUT2D eigenvalue weighted by atomic mass is 32.2. The molecule has 5 heteroatoms. The van der Waals surface area contributed by atoms with Crippen LogP contribution in [0.3, 0.4) is 0 Å². The lowest BCUT2D eigenvalue weighted by molar-refractivity contribution is 0.0651. The van der Waals surface area contributed by atoms with E-state index in [1.54, 1.807) is 23.9 Å². The molecule has 0 saturated carbocycles. The smallest absolute Gasteiger partial charge is 0.141 e. The van der Waals surface area contributed by atoms with E-state index >= 15 is 0 Å². The molecule has 0 aliphatic carbocycles. The van der Waals surface area contributed by atoms with Gasteiger partial charge in [0.05, 0.1) is 11.2 Å². The van der Waals surface area contributed by atoms with Crippen LogP contribution in [0, 0.1) is 17.1 Å². The Labute approximate surface area is 116 Å². The molecule has 19 heavy (non-hydrogen) atoms. The van der Waals surface area contributed by atoms with Crippen molar-refractivity contribution in [2.45, 2.75) is 25.0 Å². The number of rotatable bonds is 4. The fourth-order valence-corrected chi connectivity index (χ4v) is 3.38. The van der Waals surface area contributed by atoms with Crippen molar-refractivity contribution in [1.82, 2.24) is 5.32 Å². The minimum Gasteiger partial charge on any atom is -0.388 e. The zero-order valence-electron chi connectivity index (χ0n) is 10.8. The first-order chi connectivity index (χ1) is 9.04. The van der Waals surface area contributed by atoms with Crippen LogP contribution in [0.4, 0.5) is 4.39 Å². The fraction of sp³-hybridized carbons (Fsp3) is 0.500. The van der Waals surface area contributed by atoms with Crippen LogP contribution in [0.2, 0.25) is 0 Å². The SMILES string of the molecule is CC(NCC1(O)CCSC1)c1ccc(C#N)c(F)c1. The number of nitriles is 1. The van der Waals surface area contributed by atoms with Gasteiger partial charge in [0, 0.05) is 18.3 Å². The normalized spacial score (nSPS) is 24.1. The van der Waals surface area contributed by atoms with Crippen molar-refractivity contribution in [3.05, 3.63) is 35.1 Å². The maximum absolute atomic E-state index is 13.5. The van der Waals surface area contributed by atoms with Crippen LogP contribution >= 0.6 is 11.8 Å². The van der Waals surface area contributed by atoms with Gasteiger partial charge in [-0.1, -0.05) is 6.07 Å². The molecule has 1 heterocycles. The summed E-state index contributed by atoms with van der Waals surface area (Å²) in [6, 6.07) is 6.36. The van der Waals surface area contributed by atoms with Crippen LogP contribution in [-0.4, -0.2) is 28.8 Å². The fourth-order valence-electron chi connectivity index (χ4n) is 2.09. The third-order valence-electron chi connectivity index (χ3n) is 3.43. The van der Waals surface area contributed by atoms with Gasteiger partial charge in [-0.3, -0.25) is 0 Å². The van der Waals surface area contributed by atoms with Gasteiger partial charge in [0.2, 0.25) is 0 Å². The first-order valence-electron chi connectivity index (χ1n) is 6.27. The Bertz CT molecular complexity index is 495.